The van der Waals surface area contributed by atoms with Crippen LogP contribution < -0.4 is 11.3 Å². The van der Waals surface area contributed by atoms with Crippen molar-refractivity contribution in [3.63, 3.8) is 0 Å². The second-order valence-corrected chi connectivity index (χ2v) is 10.8. The number of aromatic nitrogens is 4. The first-order valence-corrected chi connectivity index (χ1v) is 13.8. The fourth-order valence-corrected chi connectivity index (χ4v) is 4.92. The van der Waals surface area contributed by atoms with E-state index in [1.807, 2.05) is 72.1 Å². The molecule has 0 amide bonds. The van der Waals surface area contributed by atoms with Crippen molar-refractivity contribution in [2.45, 2.75) is 57.9 Å². The number of rotatable bonds is 10. The molecule has 1 aliphatic carbocycles. The molecule has 0 saturated heterocycles. The Morgan fingerprint density at radius 3 is 2.44 bits per heavy atom. The predicted octanol–water partition coefficient (Wildman–Crippen LogP) is 4.95. The Hall–Kier alpha value is -3.85. The summed E-state index contributed by atoms with van der Waals surface area (Å²) in [5.41, 5.74) is 5.38. The van der Waals surface area contributed by atoms with Crippen LogP contribution in [-0.2, 0) is 19.4 Å². The van der Waals surface area contributed by atoms with Crippen LogP contribution in [0.5, 0.6) is 0 Å². The molecule has 0 spiro atoms. The molecule has 0 aliphatic heterocycles. The van der Waals surface area contributed by atoms with E-state index in [2.05, 4.69) is 17.1 Å². The van der Waals surface area contributed by atoms with E-state index in [4.69, 9.17) is 21.7 Å². The Labute approximate surface area is 232 Å². The topological polar surface area (TPSA) is 97.0 Å². The molecule has 1 fully saturated rings. The zero-order valence-electron chi connectivity index (χ0n) is 22.6. The fourth-order valence-electron chi connectivity index (χ4n) is 4.77. The summed E-state index contributed by atoms with van der Waals surface area (Å²) in [6.07, 6.45) is 5.38. The van der Waals surface area contributed by atoms with E-state index in [0.717, 1.165) is 76.4 Å². The van der Waals surface area contributed by atoms with Crippen molar-refractivity contribution in [1.82, 2.24) is 24.6 Å². The van der Waals surface area contributed by atoms with Crippen LogP contribution >= 0.6 is 12.2 Å². The van der Waals surface area contributed by atoms with Gasteiger partial charge in [-0.05, 0) is 36.0 Å². The first-order chi connectivity index (χ1) is 18.9. The van der Waals surface area contributed by atoms with E-state index < -0.39 is 5.76 Å². The number of hydrogen-bond donors (Lipinski definition) is 1. The highest BCUT2D eigenvalue weighted by atomic mass is 32.1. The number of nitrogens with one attached hydrogen (secondary N) is 1. The number of aryl methyl sites for hydroxylation is 1. The maximum atomic E-state index is 14.0. The van der Waals surface area contributed by atoms with Crippen molar-refractivity contribution in [3.8, 4) is 22.5 Å². The van der Waals surface area contributed by atoms with Gasteiger partial charge in [0.2, 0.25) is 0 Å². The number of aromatic amines is 1. The molecule has 0 unspecified atom stereocenters. The smallest absolute Gasteiger partial charge is 0.372 e. The highest BCUT2D eigenvalue weighted by molar-refractivity contribution is 7.80. The largest absolute Gasteiger partial charge is 0.439 e. The summed E-state index contributed by atoms with van der Waals surface area (Å²) in [7, 11) is 3.83. The van der Waals surface area contributed by atoms with Gasteiger partial charge in [-0.3, -0.25) is 18.9 Å². The molecule has 0 atom stereocenters. The van der Waals surface area contributed by atoms with Gasteiger partial charge in [-0.15, -0.1) is 0 Å². The minimum Gasteiger partial charge on any atom is -0.372 e. The highest BCUT2D eigenvalue weighted by Gasteiger charge is 2.31. The quantitative estimate of drug-likeness (QED) is 0.283. The van der Waals surface area contributed by atoms with E-state index in [1.165, 1.54) is 0 Å². The van der Waals surface area contributed by atoms with Crippen molar-refractivity contribution in [1.29, 1.82) is 0 Å². The number of H-pyrrole nitrogens is 1. The maximum Gasteiger partial charge on any atom is 0.439 e. The Morgan fingerprint density at radius 2 is 1.82 bits per heavy atom. The minimum absolute atomic E-state index is 0.0200. The predicted molar refractivity (Wildman–Crippen MR) is 156 cm³/mol. The van der Waals surface area contributed by atoms with Crippen LogP contribution in [-0.4, -0.2) is 43.7 Å². The number of thiocarbonyl (C=S) groups is 1. The van der Waals surface area contributed by atoms with Crippen molar-refractivity contribution in [2.75, 3.05) is 14.1 Å². The maximum absolute atomic E-state index is 14.0. The van der Waals surface area contributed by atoms with Crippen LogP contribution in [0.1, 0.15) is 61.2 Å². The van der Waals surface area contributed by atoms with Crippen LogP contribution in [0.2, 0.25) is 0 Å². The molecular formula is C30H33N5O3S. The summed E-state index contributed by atoms with van der Waals surface area (Å²) in [4.78, 5) is 35.8. The third kappa shape index (κ3) is 5.93. The summed E-state index contributed by atoms with van der Waals surface area (Å²) >= 11 is 5.59. The molecule has 8 nitrogen and oxygen atoms in total. The lowest BCUT2D eigenvalue weighted by molar-refractivity contribution is 0.388. The number of nitrogens with zero attached hydrogens (tertiary/aromatic N) is 4. The van der Waals surface area contributed by atoms with E-state index in [0.29, 0.717) is 24.7 Å². The summed E-state index contributed by atoms with van der Waals surface area (Å²) in [5, 5.41) is 3.85. The zero-order valence-corrected chi connectivity index (χ0v) is 23.4. The van der Waals surface area contributed by atoms with Gasteiger partial charge < -0.3 is 4.90 Å². The average molecular weight is 544 g/mol. The second-order valence-electron chi connectivity index (χ2n) is 10.3. The second kappa shape index (κ2) is 11.5. The molecule has 2 heterocycles. The van der Waals surface area contributed by atoms with Gasteiger partial charge in [0.1, 0.15) is 5.82 Å². The van der Waals surface area contributed by atoms with E-state index >= 15 is 0 Å². The van der Waals surface area contributed by atoms with Gasteiger partial charge in [0.25, 0.3) is 5.56 Å². The Bertz CT molecular complexity index is 1600. The van der Waals surface area contributed by atoms with Crippen LogP contribution in [0.15, 0.2) is 62.6 Å². The van der Waals surface area contributed by atoms with Crippen LogP contribution in [0, 0.1) is 0 Å². The van der Waals surface area contributed by atoms with Gasteiger partial charge in [-0.1, -0.05) is 79.3 Å². The van der Waals surface area contributed by atoms with Gasteiger partial charge in [-0.2, -0.15) is 0 Å². The molecule has 4 aromatic rings. The monoisotopic (exact) mass is 543 g/mol. The van der Waals surface area contributed by atoms with Crippen LogP contribution in [0.3, 0.4) is 0 Å². The van der Waals surface area contributed by atoms with Crippen LogP contribution in [0.25, 0.3) is 22.5 Å². The van der Waals surface area contributed by atoms with Crippen LogP contribution in [0.4, 0.5) is 0 Å². The van der Waals surface area contributed by atoms with Crippen molar-refractivity contribution in [3.05, 3.63) is 92.1 Å². The van der Waals surface area contributed by atoms with Gasteiger partial charge in [-0.25, -0.2) is 9.78 Å². The SMILES string of the molecule is CCCCc1nc(C2CC2)c(CC(=S)N(C)C)c(=O)n1Cc1ccc(-c2ccccc2-c2noc(=O)[nH]2)cc1. The molecule has 2 aromatic heterocycles. The Kier molecular flexibility index (Phi) is 7.88. The summed E-state index contributed by atoms with van der Waals surface area (Å²) in [5.74, 6) is 1.02. The normalized spacial score (nSPS) is 13.0. The lowest BCUT2D eigenvalue weighted by atomic mass is 9.98. The highest BCUT2D eigenvalue weighted by Crippen LogP contribution is 2.40. The van der Waals surface area contributed by atoms with Crippen molar-refractivity contribution >= 4 is 17.2 Å². The van der Waals surface area contributed by atoms with Crippen molar-refractivity contribution in [2.24, 2.45) is 0 Å². The van der Waals surface area contributed by atoms with E-state index in [1.54, 1.807) is 0 Å². The molecule has 39 heavy (non-hydrogen) atoms. The molecular weight excluding hydrogens is 510 g/mol. The lowest BCUT2D eigenvalue weighted by Crippen LogP contribution is -2.33. The first-order valence-electron chi connectivity index (χ1n) is 13.4. The number of benzene rings is 2. The summed E-state index contributed by atoms with van der Waals surface area (Å²) in [6.45, 7) is 2.59. The number of likely N-dealkylation sites (N-methyl/N-ethyl adjacent to an activating group) is 1. The van der Waals surface area contributed by atoms with Gasteiger partial charge in [0, 0.05) is 44.0 Å². The van der Waals surface area contributed by atoms with Gasteiger partial charge >= 0.3 is 5.76 Å². The summed E-state index contributed by atoms with van der Waals surface area (Å²) < 4.78 is 6.55. The zero-order chi connectivity index (χ0) is 27.5. The van der Waals surface area contributed by atoms with E-state index in [-0.39, 0.29) is 5.56 Å². The van der Waals surface area contributed by atoms with Crippen molar-refractivity contribution < 1.29 is 4.52 Å². The third-order valence-electron chi connectivity index (χ3n) is 7.15. The number of unbranched alkanes of at least 4 members (excludes halogenated alkanes) is 1. The molecule has 1 aliphatic rings. The van der Waals surface area contributed by atoms with Gasteiger partial charge in [0.15, 0.2) is 5.82 Å². The number of hydrogen-bond acceptors (Lipinski definition) is 6. The molecule has 0 radical (unpaired) electrons. The molecule has 1 saturated carbocycles. The molecule has 0 bridgehead atoms. The lowest BCUT2D eigenvalue weighted by Gasteiger charge is -2.19. The Morgan fingerprint density at radius 1 is 1.10 bits per heavy atom. The molecule has 5 rings (SSSR count). The molecule has 2 aromatic carbocycles. The first kappa shape index (κ1) is 26.7. The molecule has 9 heteroatoms. The Balaban J connectivity index is 1.50. The summed E-state index contributed by atoms with van der Waals surface area (Å²) in [6, 6.07) is 15.8. The average Bonchev–Trinajstić information content (AvgIpc) is 3.70. The van der Waals surface area contributed by atoms with E-state index in [9.17, 15) is 9.59 Å². The third-order valence-corrected chi connectivity index (χ3v) is 7.66. The fraction of sp³-hybridized carbons (Fsp3) is 0.367. The standard InChI is InChI=1S/C30H33N5O3S/c1-4-5-10-25-31-27(21-15-16-21)24(17-26(39)34(2)3)29(36)35(25)18-19-11-13-20(14-12-19)22-8-6-7-9-23(22)28-32-30(37)38-33-28/h6-9,11-14,21H,4-5,10,15-18H2,1-3H3,(H,32,33,37). The van der Waals surface area contributed by atoms with Gasteiger partial charge in [0.05, 0.1) is 17.2 Å². The molecule has 202 valence electrons. The minimum atomic E-state index is -0.591. The molecule has 1 N–H and O–H groups in total.